The van der Waals surface area contributed by atoms with E-state index in [1.54, 1.807) is 7.05 Å². The molecule has 8 heteroatoms. The third kappa shape index (κ3) is 7.45. The highest BCUT2D eigenvalue weighted by Crippen LogP contribution is 2.21. The van der Waals surface area contributed by atoms with Crippen LogP contribution in [0, 0.1) is 5.92 Å². The second-order valence-corrected chi connectivity index (χ2v) is 6.30. The van der Waals surface area contributed by atoms with Crippen molar-refractivity contribution >= 4 is 29.9 Å². The van der Waals surface area contributed by atoms with E-state index in [0.29, 0.717) is 11.9 Å². The van der Waals surface area contributed by atoms with E-state index in [0.717, 1.165) is 26.1 Å². The molecule has 2 aliphatic rings. The first-order valence-corrected chi connectivity index (χ1v) is 8.22. The van der Waals surface area contributed by atoms with Crippen molar-refractivity contribution in [3.63, 3.8) is 0 Å². The molecule has 0 amide bonds. The second-order valence-electron chi connectivity index (χ2n) is 6.30. The number of alkyl halides is 3. The third-order valence-corrected chi connectivity index (χ3v) is 4.45. The van der Waals surface area contributed by atoms with Gasteiger partial charge in [-0.05, 0) is 38.3 Å². The Bertz CT molecular complexity index is 370. The Balaban J connectivity index is 0.00000264. The van der Waals surface area contributed by atoms with Crippen LogP contribution in [0.2, 0.25) is 0 Å². The average molecular weight is 448 g/mol. The van der Waals surface area contributed by atoms with Gasteiger partial charge in [0.1, 0.15) is 0 Å². The Morgan fingerprint density at radius 3 is 2.48 bits per heavy atom. The molecule has 1 atom stereocenters. The van der Waals surface area contributed by atoms with Crippen molar-refractivity contribution < 1.29 is 13.2 Å². The second kappa shape index (κ2) is 9.90. The molecule has 2 aliphatic heterocycles. The SMILES string of the molecule is CN=C(NCCC(F)(F)F)N1CCC(CN2CCCCC2)C1.I. The molecule has 0 aliphatic carbocycles. The van der Waals surface area contributed by atoms with Crippen LogP contribution in [-0.4, -0.2) is 68.3 Å². The van der Waals surface area contributed by atoms with Gasteiger partial charge in [0.25, 0.3) is 0 Å². The van der Waals surface area contributed by atoms with Gasteiger partial charge < -0.3 is 15.1 Å². The summed E-state index contributed by atoms with van der Waals surface area (Å²) in [5, 5.41) is 2.83. The summed E-state index contributed by atoms with van der Waals surface area (Å²) >= 11 is 0. The van der Waals surface area contributed by atoms with Crippen LogP contribution >= 0.6 is 24.0 Å². The van der Waals surface area contributed by atoms with Crippen LogP contribution in [0.25, 0.3) is 0 Å². The normalized spacial score (nSPS) is 23.7. The Labute approximate surface area is 153 Å². The minimum absolute atomic E-state index is 0. The highest BCUT2D eigenvalue weighted by atomic mass is 127. The Hall–Kier alpha value is -0.250. The van der Waals surface area contributed by atoms with Crippen molar-refractivity contribution in [2.75, 3.05) is 46.3 Å². The molecule has 23 heavy (non-hydrogen) atoms. The summed E-state index contributed by atoms with van der Waals surface area (Å²) in [5.41, 5.74) is 0. The summed E-state index contributed by atoms with van der Waals surface area (Å²) in [6.07, 6.45) is 0.0679. The van der Waals surface area contributed by atoms with Crippen LogP contribution in [0.5, 0.6) is 0 Å². The highest BCUT2D eigenvalue weighted by Gasteiger charge is 2.29. The van der Waals surface area contributed by atoms with E-state index in [1.165, 1.54) is 32.4 Å². The summed E-state index contributed by atoms with van der Waals surface area (Å²) in [6.45, 7) is 5.15. The quantitative estimate of drug-likeness (QED) is 0.408. The Kier molecular flexibility index (Phi) is 8.95. The zero-order valence-electron chi connectivity index (χ0n) is 13.7. The summed E-state index contributed by atoms with van der Waals surface area (Å²) < 4.78 is 36.6. The maximum Gasteiger partial charge on any atom is 0.390 e. The monoisotopic (exact) mass is 448 g/mol. The van der Waals surface area contributed by atoms with E-state index in [9.17, 15) is 13.2 Å². The van der Waals surface area contributed by atoms with E-state index in [2.05, 4.69) is 20.1 Å². The molecule has 2 rings (SSSR count). The molecule has 0 bridgehead atoms. The topological polar surface area (TPSA) is 30.9 Å². The van der Waals surface area contributed by atoms with Crippen molar-refractivity contribution in [3.8, 4) is 0 Å². The first-order chi connectivity index (χ1) is 10.5. The summed E-state index contributed by atoms with van der Waals surface area (Å²) in [6, 6.07) is 0. The lowest BCUT2D eigenvalue weighted by Crippen LogP contribution is -2.42. The lowest BCUT2D eigenvalue weighted by molar-refractivity contribution is -0.132. The largest absolute Gasteiger partial charge is 0.390 e. The number of nitrogens with zero attached hydrogens (tertiary/aromatic N) is 3. The molecule has 0 aromatic carbocycles. The summed E-state index contributed by atoms with van der Waals surface area (Å²) in [5.74, 6) is 1.20. The molecular formula is C15H28F3IN4. The molecule has 136 valence electrons. The third-order valence-electron chi connectivity index (χ3n) is 4.45. The highest BCUT2D eigenvalue weighted by molar-refractivity contribution is 14.0. The fraction of sp³-hybridized carbons (Fsp3) is 0.933. The lowest BCUT2D eigenvalue weighted by atomic mass is 10.1. The molecule has 1 N–H and O–H groups in total. The first-order valence-electron chi connectivity index (χ1n) is 8.22. The van der Waals surface area contributed by atoms with Gasteiger partial charge in [-0.3, -0.25) is 4.99 Å². The number of hydrogen-bond acceptors (Lipinski definition) is 2. The van der Waals surface area contributed by atoms with Crippen LogP contribution < -0.4 is 5.32 Å². The summed E-state index contributed by atoms with van der Waals surface area (Å²) in [7, 11) is 1.63. The number of guanidine groups is 1. The maximum absolute atomic E-state index is 12.2. The van der Waals surface area contributed by atoms with Gasteiger partial charge in [0, 0.05) is 33.2 Å². The number of rotatable bonds is 4. The average Bonchev–Trinajstić information content (AvgIpc) is 2.92. The molecule has 2 heterocycles. The smallest absolute Gasteiger partial charge is 0.356 e. The van der Waals surface area contributed by atoms with Gasteiger partial charge in [-0.2, -0.15) is 13.2 Å². The minimum atomic E-state index is -4.12. The van der Waals surface area contributed by atoms with E-state index >= 15 is 0 Å². The predicted molar refractivity (Wildman–Crippen MR) is 97.4 cm³/mol. The van der Waals surface area contributed by atoms with Gasteiger partial charge in [0.2, 0.25) is 0 Å². The van der Waals surface area contributed by atoms with Crippen molar-refractivity contribution in [2.24, 2.45) is 10.9 Å². The first kappa shape index (κ1) is 20.8. The molecule has 0 aromatic heterocycles. The van der Waals surface area contributed by atoms with E-state index < -0.39 is 12.6 Å². The molecule has 0 saturated carbocycles. The van der Waals surface area contributed by atoms with Crippen LogP contribution in [0.3, 0.4) is 0 Å². The van der Waals surface area contributed by atoms with Crippen LogP contribution in [0.4, 0.5) is 13.2 Å². The van der Waals surface area contributed by atoms with E-state index in [1.807, 2.05) is 0 Å². The Morgan fingerprint density at radius 2 is 1.87 bits per heavy atom. The van der Waals surface area contributed by atoms with Gasteiger partial charge in [0.05, 0.1) is 6.42 Å². The number of piperidine rings is 1. The fourth-order valence-electron chi connectivity index (χ4n) is 3.33. The van der Waals surface area contributed by atoms with Crippen LogP contribution in [-0.2, 0) is 0 Å². The van der Waals surface area contributed by atoms with Gasteiger partial charge in [-0.15, -0.1) is 24.0 Å². The molecule has 0 aromatic rings. The summed E-state index contributed by atoms with van der Waals surface area (Å²) in [4.78, 5) is 8.73. The molecule has 0 radical (unpaired) electrons. The maximum atomic E-state index is 12.2. The number of hydrogen-bond donors (Lipinski definition) is 1. The molecule has 1 unspecified atom stereocenters. The number of nitrogens with one attached hydrogen (secondary N) is 1. The molecule has 0 spiro atoms. The van der Waals surface area contributed by atoms with E-state index in [4.69, 9.17) is 0 Å². The van der Waals surface area contributed by atoms with Gasteiger partial charge >= 0.3 is 6.18 Å². The van der Waals surface area contributed by atoms with Gasteiger partial charge in [-0.1, -0.05) is 6.42 Å². The van der Waals surface area contributed by atoms with Crippen LogP contribution in [0.1, 0.15) is 32.1 Å². The van der Waals surface area contributed by atoms with Crippen molar-refractivity contribution in [2.45, 2.75) is 38.3 Å². The van der Waals surface area contributed by atoms with Crippen molar-refractivity contribution in [1.29, 1.82) is 0 Å². The predicted octanol–water partition coefficient (Wildman–Crippen LogP) is 2.94. The lowest BCUT2D eigenvalue weighted by Gasteiger charge is -2.29. The van der Waals surface area contributed by atoms with E-state index in [-0.39, 0.29) is 30.5 Å². The van der Waals surface area contributed by atoms with Crippen LogP contribution in [0.15, 0.2) is 4.99 Å². The molecule has 2 saturated heterocycles. The number of aliphatic imine (C=N–C) groups is 1. The zero-order chi connectivity index (χ0) is 16.0. The van der Waals surface area contributed by atoms with Crippen molar-refractivity contribution in [3.05, 3.63) is 0 Å². The Morgan fingerprint density at radius 1 is 1.17 bits per heavy atom. The molecular weight excluding hydrogens is 420 g/mol. The fourth-order valence-corrected chi connectivity index (χ4v) is 3.33. The minimum Gasteiger partial charge on any atom is -0.356 e. The zero-order valence-corrected chi connectivity index (χ0v) is 16.1. The van der Waals surface area contributed by atoms with Gasteiger partial charge in [0.15, 0.2) is 5.96 Å². The molecule has 4 nitrogen and oxygen atoms in total. The van der Waals surface area contributed by atoms with Crippen molar-refractivity contribution in [1.82, 2.24) is 15.1 Å². The standard InChI is InChI=1S/C15H27F3N4.HI/c1-19-14(20-7-6-15(16,17)18)22-10-5-13(12-22)11-21-8-3-2-4-9-21;/h13H,2-12H2,1H3,(H,19,20);1H. The molecule has 2 fully saturated rings. The van der Waals surface area contributed by atoms with Gasteiger partial charge in [-0.25, -0.2) is 0 Å². The number of likely N-dealkylation sites (tertiary alicyclic amines) is 2. The number of halogens is 4.